The van der Waals surface area contributed by atoms with Gasteiger partial charge in [0.05, 0.1) is 5.92 Å². The van der Waals surface area contributed by atoms with Crippen molar-refractivity contribution in [3.8, 4) is 0 Å². The van der Waals surface area contributed by atoms with Crippen LogP contribution < -0.4 is 10.9 Å². The summed E-state index contributed by atoms with van der Waals surface area (Å²) < 4.78 is 1.63. The molecule has 6 nitrogen and oxygen atoms in total. The molecule has 0 radical (unpaired) electrons. The Bertz CT molecular complexity index is 847. The van der Waals surface area contributed by atoms with Crippen LogP contribution in [0.1, 0.15) is 23.7 Å². The average Bonchev–Trinajstić information content (AvgIpc) is 2.57. The summed E-state index contributed by atoms with van der Waals surface area (Å²) in [6.45, 7) is 6.07. The molecule has 0 unspecified atom stereocenters. The van der Waals surface area contributed by atoms with E-state index in [0.29, 0.717) is 29.7 Å². The zero-order valence-electron chi connectivity index (χ0n) is 14.0. The van der Waals surface area contributed by atoms with Gasteiger partial charge in [0.1, 0.15) is 5.82 Å². The monoisotopic (exact) mass is 344 g/mol. The predicted molar refractivity (Wildman–Crippen MR) is 94.4 cm³/mol. The van der Waals surface area contributed by atoms with Crippen LogP contribution >= 0.6 is 11.8 Å². The van der Waals surface area contributed by atoms with Crippen molar-refractivity contribution in [1.82, 2.24) is 14.5 Å². The molecule has 3 heterocycles. The van der Waals surface area contributed by atoms with Gasteiger partial charge in [0, 0.05) is 29.8 Å². The van der Waals surface area contributed by atoms with Crippen molar-refractivity contribution in [2.24, 2.45) is 5.92 Å². The molecule has 1 N–H and O–H groups in total. The first kappa shape index (κ1) is 16.7. The number of nitrogens with zero attached hydrogens (tertiary/aromatic N) is 3. The molecule has 1 aliphatic rings. The fraction of sp³-hybridized carbons (Fsp3) is 0.412. The average molecular weight is 344 g/mol. The molecule has 0 saturated heterocycles. The number of amides is 1. The number of thioether (sulfide) groups is 1. The summed E-state index contributed by atoms with van der Waals surface area (Å²) in [6.07, 6.45) is 2.30. The lowest BCUT2D eigenvalue weighted by Crippen LogP contribution is -2.38. The number of aromatic nitrogens is 3. The number of pyridine rings is 1. The van der Waals surface area contributed by atoms with Crippen molar-refractivity contribution < 1.29 is 4.79 Å². The lowest BCUT2D eigenvalue weighted by atomic mass is 10.1. The Morgan fingerprint density at radius 3 is 2.96 bits per heavy atom. The van der Waals surface area contributed by atoms with Crippen molar-refractivity contribution in [3.05, 3.63) is 45.5 Å². The molecule has 2 aromatic heterocycles. The number of aryl methyl sites for hydroxylation is 2. The van der Waals surface area contributed by atoms with Crippen molar-refractivity contribution in [1.29, 1.82) is 0 Å². The van der Waals surface area contributed by atoms with Gasteiger partial charge in [-0.2, -0.15) is 0 Å². The molecule has 2 aromatic rings. The van der Waals surface area contributed by atoms with Crippen LogP contribution in [0.4, 0.5) is 5.82 Å². The Hall–Kier alpha value is -2.15. The number of fused-ring (bicyclic) bond motifs is 1. The van der Waals surface area contributed by atoms with Gasteiger partial charge in [-0.25, -0.2) is 9.97 Å². The number of carbonyl (C=O) groups is 1. The third kappa shape index (κ3) is 3.08. The number of hydrogen-bond donors (Lipinski definition) is 1. The largest absolute Gasteiger partial charge is 0.310 e. The van der Waals surface area contributed by atoms with Crippen LogP contribution in [0.2, 0.25) is 0 Å². The van der Waals surface area contributed by atoms with Crippen LogP contribution in [-0.2, 0) is 17.8 Å². The maximum atomic E-state index is 12.6. The molecule has 24 heavy (non-hydrogen) atoms. The Morgan fingerprint density at radius 1 is 1.46 bits per heavy atom. The number of carbonyl (C=O) groups excluding carboxylic acids is 1. The summed E-state index contributed by atoms with van der Waals surface area (Å²) >= 11 is 1.46. The molecule has 126 valence electrons. The second-order valence-electron chi connectivity index (χ2n) is 5.89. The van der Waals surface area contributed by atoms with Gasteiger partial charge < -0.3 is 5.32 Å². The molecule has 7 heteroatoms. The minimum atomic E-state index is -0.282. The van der Waals surface area contributed by atoms with E-state index >= 15 is 0 Å². The fourth-order valence-electron chi connectivity index (χ4n) is 2.80. The fourth-order valence-corrected chi connectivity index (χ4v) is 3.92. The van der Waals surface area contributed by atoms with E-state index in [-0.39, 0.29) is 17.4 Å². The molecular formula is C17H20N4O2S. The molecule has 0 saturated carbocycles. The molecule has 1 atom stereocenters. The first-order chi connectivity index (χ1) is 11.5. The Labute approximate surface area is 144 Å². The zero-order valence-corrected chi connectivity index (χ0v) is 14.8. The van der Waals surface area contributed by atoms with Crippen molar-refractivity contribution in [3.63, 3.8) is 0 Å². The second-order valence-corrected chi connectivity index (χ2v) is 6.88. The van der Waals surface area contributed by atoms with E-state index in [2.05, 4.69) is 15.3 Å². The van der Waals surface area contributed by atoms with Gasteiger partial charge in [0.2, 0.25) is 5.91 Å². The number of nitrogens with one attached hydrogen (secondary N) is 1. The summed E-state index contributed by atoms with van der Waals surface area (Å²) in [5, 5.41) is 3.57. The molecule has 0 spiro atoms. The highest BCUT2D eigenvalue weighted by molar-refractivity contribution is 7.99. The Kier molecular flexibility index (Phi) is 4.71. The van der Waals surface area contributed by atoms with E-state index < -0.39 is 0 Å². The van der Waals surface area contributed by atoms with Gasteiger partial charge in [0.15, 0.2) is 5.16 Å². The SMILES string of the molecule is CCc1c(C)nc2n(c1=O)C[C@H](C(=O)Nc1ncccc1C)CS2. The molecule has 1 aliphatic heterocycles. The lowest BCUT2D eigenvalue weighted by molar-refractivity contribution is -0.119. The summed E-state index contributed by atoms with van der Waals surface area (Å²) in [5.74, 6) is 0.785. The number of rotatable bonds is 3. The van der Waals surface area contributed by atoms with E-state index in [1.807, 2.05) is 32.9 Å². The summed E-state index contributed by atoms with van der Waals surface area (Å²) in [6, 6.07) is 3.73. The molecule has 0 aliphatic carbocycles. The summed E-state index contributed by atoms with van der Waals surface area (Å²) in [7, 11) is 0. The topological polar surface area (TPSA) is 76.9 Å². The molecule has 0 fully saturated rings. The summed E-state index contributed by atoms with van der Waals surface area (Å²) in [4.78, 5) is 33.9. The van der Waals surface area contributed by atoms with E-state index in [1.165, 1.54) is 11.8 Å². The molecule has 0 aromatic carbocycles. The van der Waals surface area contributed by atoms with Crippen LogP contribution in [0.3, 0.4) is 0 Å². The third-order valence-corrected chi connectivity index (χ3v) is 5.37. The normalized spacial score (nSPS) is 16.5. The lowest BCUT2D eigenvalue weighted by Gasteiger charge is -2.25. The van der Waals surface area contributed by atoms with Crippen molar-refractivity contribution in [2.75, 3.05) is 11.1 Å². The van der Waals surface area contributed by atoms with E-state index in [9.17, 15) is 9.59 Å². The standard InChI is InChI=1S/C17H20N4O2S/c1-4-13-11(3)19-17-21(16(13)23)8-12(9-24-17)15(22)20-14-10(2)6-5-7-18-14/h5-7,12H,4,8-9H2,1-3H3,(H,18,20,22)/t12-/m0/s1. The highest BCUT2D eigenvalue weighted by Gasteiger charge is 2.28. The maximum absolute atomic E-state index is 12.6. The minimum absolute atomic E-state index is 0.0287. The van der Waals surface area contributed by atoms with E-state index in [4.69, 9.17) is 0 Å². The van der Waals surface area contributed by atoms with E-state index in [0.717, 1.165) is 16.8 Å². The maximum Gasteiger partial charge on any atom is 0.257 e. The molecule has 1 amide bonds. The van der Waals surface area contributed by atoms with Crippen LogP contribution in [0.25, 0.3) is 0 Å². The first-order valence-corrected chi connectivity index (χ1v) is 8.95. The molecule has 3 rings (SSSR count). The third-order valence-electron chi connectivity index (χ3n) is 4.23. The van der Waals surface area contributed by atoms with Gasteiger partial charge in [-0.1, -0.05) is 24.8 Å². The highest BCUT2D eigenvalue weighted by atomic mass is 32.2. The highest BCUT2D eigenvalue weighted by Crippen LogP contribution is 2.26. The summed E-state index contributed by atoms with van der Waals surface area (Å²) in [5.41, 5.74) is 2.39. The van der Waals surface area contributed by atoms with Crippen LogP contribution in [0, 0.1) is 19.8 Å². The van der Waals surface area contributed by atoms with Crippen LogP contribution in [-0.4, -0.2) is 26.2 Å². The predicted octanol–water partition coefficient (Wildman–Crippen LogP) is 2.18. The van der Waals surface area contributed by atoms with Crippen molar-refractivity contribution >= 4 is 23.5 Å². The Morgan fingerprint density at radius 2 is 2.25 bits per heavy atom. The van der Waals surface area contributed by atoms with Gasteiger partial charge >= 0.3 is 0 Å². The smallest absolute Gasteiger partial charge is 0.257 e. The number of anilines is 1. The van der Waals surface area contributed by atoms with Gasteiger partial charge in [-0.05, 0) is 31.9 Å². The van der Waals surface area contributed by atoms with Crippen molar-refractivity contribution in [2.45, 2.75) is 38.9 Å². The van der Waals surface area contributed by atoms with Gasteiger partial charge in [-0.15, -0.1) is 0 Å². The zero-order chi connectivity index (χ0) is 17.3. The second kappa shape index (κ2) is 6.76. The number of hydrogen-bond acceptors (Lipinski definition) is 5. The first-order valence-electron chi connectivity index (χ1n) is 7.96. The Balaban J connectivity index is 1.83. The van der Waals surface area contributed by atoms with Gasteiger partial charge in [0.25, 0.3) is 5.56 Å². The van der Waals surface area contributed by atoms with Crippen LogP contribution in [0.5, 0.6) is 0 Å². The molecular weight excluding hydrogens is 324 g/mol. The van der Waals surface area contributed by atoms with Crippen LogP contribution in [0.15, 0.2) is 28.3 Å². The minimum Gasteiger partial charge on any atom is -0.310 e. The van der Waals surface area contributed by atoms with E-state index in [1.54, 1.807) is 10.8 Å². The molecule has 0 bridgehead atoms. The van der Waals surface area contributed by atoms with Gasteiger partial charge in [-0.3, -0.25) is 14.2 Å². The quantitative estimate of drug-likeness (QED) is 0.864.